The van der Waals surface area contributed by atoms with Crippen LogP contribution in [0.3, 0.4) is 0 Å². The van der Waals surface area contributed by atoms with E-state index in [9.17, 15) is 9.90 Å². The molecule has 2 aromatic rings. The first-order chi connectivity index (χ1) is 10.5. The van der Waals surface area contributed by atoms with Gasteiger partial charge in [-0.3, -0.25) is 9.48 Å². The third-order valence-electron chi connectivity index (χ3n) is 3.47. The van der Waals surface area contributed by atoms with Crippen molar-refractivity contribution in [1.29, 1.82) is 0 Å². The SMILES string of the molecule is CC(C)c1nn(C)c(Cl)c1C(=O)N[C@H](CO)c1ccccc1. The highest BCUT2D eigenvalue weighted by Gasteiger charge is 2.25. The summed E-state index contributed by atoms with van der Waals surface area (Å²) in [7, 11) is 1.70. The van der Waals surface area contributed by atoms with Gasteiger partial charge in [-0.25, -0.2) is 0 Å². The Balaban J connectivity index is 2.29. The molecule has 1 heterocycles. The molecule has 0 bridgehead atoms. The van der Waals surface area contributed by atoms with Crippen LogP contribution in [0.1, 0.15) is 47.4 Å². The fraction of sp³-hybridized carbons (Fsp3) is 0.375. The summed E-state index contributed by atoms with van der Waals surface area (Å²) >= 11 is 6.20. The molecule has 0 saturated heterocycles. The molecule has 0 aliphatic heterocycles. The summed E-state index contributed by atoms with van der Waals surface area (Å²) in [6, 6.07) is 8.84. The van der Waals surface area contributed by atoms with Gasteiger partial charge in [0.1, 0.15) is 5.15 Å². The molecular weight excluding hydrogens is 302 g/mol. The lowest BCUT2D eigenvalue weighted by Crippen LogP contribution is -2.31. The number of halogens is 1. The maximum absolute atomic E-state index is 12.6. The fourth-order valence-corrected chi connectivity index (χ4v) is 2.51. The number of hydrogen-bond acceptors (Lipinski definition) is 3. The number of aliphatic hydroxyl groups is 1. The second-order valence-corrected chi connectivity index (χ2v) is 5.81. The van der Waals surface area contributed by atoms with E-state index in [-0.39, 0.29) is 18.4 Å². The van der Waals surface area contributed by atoms with E-state index in [4.69, 9.17) is 11.6 Å². The van der Waals surface area contributed by atoms with Crippen molar-refractivity contribution in [2.75, 3.05) is 6.61 Å². The van der Waals surface area contributed by atoms with Gasteiger partial charge in [-0.2, -0.15) is 5.10 Å². The summed E-state index contributed by atoms with van der Waals surface area (Å²) in [5, 5.41) is 17.0. The van der Waals surface area contributed by atoms with E-state index in [0.29, 0.717) is 16.4 Å². The summed E-state index contributed by atoms with van der Waals surface area (Å²) in [5.41, 5.74) is 1.85. The summed E-state index contributed by atoms with van der Waals surface area (Å²) in [4.78, 5) is 12.6. The lowest BCUT2D eigenvalue weighted by Gasteiger charge is -2.17. The van der Waals surface area contributed by atoms with Crippen molar-refractivity contribution in [3.05, 3.63) is 52.3 Å². The van der Waals surface area contributed by atoms with Gasteiger partial charge in [-0.1, -0.05) is 55.8 Å². The van der Waals surface area contributed by atoms with Gasteiger partial charge in [0.15, 0.2) is 0 Å². The van der Waals surface area contributed by atoms with Gasteiger partial charge < -0.3 is 10.4 Å². The number of aromatic nitrogens is 2. The summed E-state index contributed by atoms with van der Waals surface area (Å²) in [6.07, 6.45) is 0. The number of aryl methyl sites for hydroxylation is 1. The normalized spacial score (nSPS) is 12.5. The third kappa shape index (κ3) is 3.31. The Morgan fingerprint density at radius 2 is 2.00 bits per heavy atom. The molecule has 1 atom stereocenters. The van der Waals surface area contributed by atoms with Crippen molar-refractivity contribution >= 4 is 17.5 Å². The second-order valence-electron chi connectivity index (χ2n) is 5.45. The molecule has 2 rings (SSSR count). The first kappa shape index (κ1) is 16.5. The number of benzene rings is 1. The van der Waals surface area contributed by atoms with Crippen LogP contribution in [0.25, 0.3) is 0 Å². The van der Waals surface area contributed by atoms with E-state index in [0.717, 1.165) is 5.56 Å². The van der Waals surface area contributed by atoms with Crippen LogP contribution in [0, 0.1) is 0 Å². The zero-order valence-electron chi connectivity index (χ0n) is 12.9. The van der Waals surface area contributed by atoms with Crippen LogP contribution in [-0.2, 0) is 7.05 Å². The second kappa shape index (κ2) is 6.94. The molecule has 0 aliphatic rings. The van der Waals surface area contributed by atoms with E-state index in [2.05, 4.69) is 10.4 Å². The zero-order chi connectivity index (χ0) is 16.3. The number of rotatable bonds is 5. The standard InChI is InChI=1S/C16H20ClN3O2/c1-10(2)14-13(15(17)20(3)19-14)16(22)18-12(9-21)11-7-5-4-6-8-11/h4-8,10,12,21H,9H2,1-3H3,(H,18,22)/t12-/m1/s1. The zero-order valence-corrected chi connectivity index (χ0v) is 13.6. The van der Waals surface area contributed by atoms with Crippen molar-refractivity contribution in [3.63, 3.8) is 0 Å². The van der Waals surface area contributed by atoms with Gasteiger partial charge in [0.2, 0.25) is 0 Å². The van der Waals surface area contributed by atoms with Crippen molar-refractivity contribution in [2.24, 2.45) is 7.05 Å². The van der Waals surface area contributed by atoms with Crippen LogP contribution in [0.4, 0.5) is 0 Å². The van der Waals surface area contributed by atoms with Gasteiger partial charge in [0.25, 0.3) is 5.91 Å². The predicted octanol–water partition coefficient (Wildman–Crippen LogP) is 2.66. The van der Waals surface area contributed by atoms with Crippen LogP contribution in [0.5, 0.6) is 0 Å². The molecule has 0 radical (unpaired) electrons. The van der Waals surface area contributed by atoms with Crippen LogP contribution in [0.2, 0.25) is 5.15 Å². The van der Waals surface area contributed by atoms with Gasteiger partial charge >= 0.3 is 0 Å². The Labute approximate surface area is 134 Å². The van der Waals surface area contributed by atoms with Crippen molar-refractivity contribution in [3.8, 4) is 0 Å². The predicted molar refractivity (Wildman–Crippen MR) is 86.0 cm³/mol. The Hall–Kier alpha value is -1.85. The number of nitrogens with zero attached hydrogens (tertiary/aromatic N) is 2. The molecule has 1 amide bonds. The highest BCUT2D eigenvalue weighted by atomic mass is 35.5. The van der Waals surface area contributed by atoms with Crippen LogP contribution < -0.4 is 5.32 Å². The molecule has 0 saturated carbocycles. The Morgan fingerprint density at radius 1 is 1.36 bits per heavy atom. The number of carbonyl (C=O) groups is 1. The molecule has 0 unspecified atom stereocenters. The molecule has 6 heteroatoms. The number of amides is 1. The van der Waals surface area contributed by atoms with Crippen molar-refractivity contribution < 1.29 is 9.90 Å². The van der Waals surface area contributed by atoms with E-state index in [1.807, 2.05) is 44.2 Å². The minimum atomic E-state index is -0.481. The number of carbonyl (C=O) groups excluding carboxylic acids is 1. The minimum absolute atomic E-state index is 0.0729. The molecule has 0 fully saturated rings. The van der Waals surface area contributed by atoms with Crippen molar-refractivity contribution in [2.45, 2.75) is 25.8 Å². The quantitative estimate of drug-likeness (QED) is 0.889. The lowest BCUT2D eigenvalue weighted by atomic mass is 10.0. The molecule has 2 N–H and O–H groups in total. The molecule has 22 heavy (non-hydrogen) atoms. The summed E-state index contributed by atoms with van der Waals surface area (Å²) in [5.74, 6) is -0.256. The number of aliphatic hydroxyl groups excluding tert-OH is 1. The molecular formula is C16H20ClN3O2. The molecule has 0 aliphatic carbocycles. The van der Waals surface area contributed by atoms with Crippen LogP contribution in [0.15, 0.2) is 30.3 Å². The average Bonchev–Trinajstić information content (AvgIpc) is 2.81. The van der Waals surface area contributed by atoms with E-state index < -0.39 is 6.04 Å². The van der Waals surface area contributed by atoms with Crippen LogP contribution in [-0.4, -0.2) is 27.4 Å². The van der Waals surface area contributed by atoms with E-state index in [1.165, 1.54) is 4.68 Å². The Kier molecular flexibility index (Phi) is 5.21. The smallest absolute Gasteiger partial charge is 0.256 e. The Bertz CT molecular complexity index is 653. The van der Waals surface area contributed by atoms with Gasteiger partial charge in [0, 0.05) is 7.05 Å². The topological polar surface area (TPSA) is 67.2 Å². The van der Waals surface area contributed by atoms with Gasteiger partial charge in [-0.05, 0) is 11.5 Å². The van der Waals surface area contributed by atoms with Crippen molar-refractivity contribution in [1.82, 2.24) is 15.1 Å². The average molecular weight is 322 g/mol. The minimum Gasteiger partial charge on any atom is -0.394 e. The molecule has 1 aromatic heterocycles. The monoisotopic (exact) mass is 321 g/mol. The maximum atomic E-state index is 12.6. The largest absolute Gasteiger partial charge is 0.394 e. The summed E-state index contributed by atoms with van der Waals surface area (Å²) < 4.78 is 1.49. The van der Waals surface area contributed by atoms with Gasteiger partial charge in [0.05, 0.1) is 23.9 Å². The van der Waals surface area contributed by atoms with Gasteiger partial charge in [-0.15, -0.1) is 0 Å². The third-order valence-corrected chi connectivity index (χ3v) is 3.90. The Morgan fingerprint density at radius 3 is 2.55 bits per heavy atom. The molecule has 118 valence electrons. The molecule has 1 aromatic carbocycles. The van der Waals surface area contributed by atoms with E-state index in [1.54, 1.807) is 7.05 Å². The van der Waals surface area contributed by atoms with Crippen LogP contribution >= 0.6 is 11.6 Å². The number of hydrogen-bond donors (Lipinski definition) is 2. The lowest BCUT2D eigenvalue weighted by molar-refractivity contribution is 0.0915. The molecule has 0 spiro atoms. The fourth-order valence-electron chi connectivity index (χ4n) is 2.29. The summed E-state index contributed by atoms with van der Waals surface area (Å²) in [6.45, 7) is 3.72. The first-order valence-electron chi connectivity index (χ1n) is 7.14. The first-order valence-corrected chi connectivity index (χ1v) is 7.52. The molecule has 5 nitrogen and oxygen atoms in total. The highest BCUT2D eigenvalue weighted by molar-refractivity contribution is 6.33. The highest BCUT2D eigenvalue weighted by Crippen LogP contribution is 2.26. The number of nitrogens with one attached hydrogen (secondary N) is 1. The maximum Gasteiger partial charge on any atom is 0.256 e. The van der Waals surface area contributed by atoms with E-state index >= 15 is 0 Å².